The first kappa shape index (κ1) is 16.2. The van der Waals surface area contributed by atoms with Gasteiger partial charge in [-0.2, -0.15) is 0 Å². The van der Waals surface area contributed by atoms with Crippen molar-refractivity contribution in [3.63, 3.8) is 0 Å². The van der Waals surface area contributed by atoms with Gasteiger partial charge in [-0.25, -0.2) is 9.97 Å². The Kier molecular flexibility index (Phi) is 5.43. The van der Waals surface area contributed by atoms with Crippen molar-refractivity contribution < 1.29 is 0 Å². The molecule has 6 heteroatoms. The van der Waals surface area contributed by atoms with E-state index in [1.54, 1.807) is 6.20 Å². The van der Waals surface area contributed by atoms with Crippen LogP contribution in [0.15, 0.2) is 36.5 Å². The van der Waals surface area contributed by atoms with Gasteiger partial charge in [0.25, 0.3) is 0 Å². The number of halogens is 1. The summed E-state index contributed by atoms with van der Waals surface area (Å²) >= 11 is 6.24. The fourth-order valence-corrected chi connectivity index (χ4v) is 2.98. The Balaban J connectivity index is 1.62. The lowest BCUT2D eigenvalue weighted by molar-refractivity contribution is 0.180. The molecule has 1 aromatic heterocycles. The Morgan fingerprint density at radius 3 is 2.96 bits per heavy atom. The summed E-state index contributed by atoms with van der Waals surface area (Å²) in [4.78, 5) is 11.3. The number of benzene rings is 1. The summed E-state index contributed by atoms with van der Waals surface area (Å²) in [6, 6.07) is 10.5. The molecular formula is C17H22ClN5. The SMILES string of the molecule is C[C@@H]1CNCCN1CCNc1ncc(Cl)c(-c2ccccc2)n1. The number of piperazine rings is 1. The van der Waals surface area contributed by atoms with Crippen LogP contribution in [0.1, 0.15) is 6.92 Å². The van der Waals surface area contributed by atoms with E-state index in [9.17, 15) is 0 Å². The number of nitrogens with zero attached hydrogens (tertiary/aromatic N) is 3. The minimum atomic E-state index is 0.566. The summed E-state index contributed by atoms with van der Waals surface area (Å²) in [6.07, 6.45) is 1.66. The molecule has 0 aliphatic carbocycles. The van der Waals surface area contributed by atoms with Gasteiger partial charge in [-0.15, -0.1) is 0 Å². The highest BCUT2D eigenvalue weighted by Gasteiger charge is 2.17. The van der Waals surface area contributed by atoms with Crippen LogP contribution in [0.2, 0.25) is 5.02 Å². The van der Waals surface area contributed by atoms with Crippen LogP contribution in [-0.4, -0.2) is 53.6 Å². The Hall–Kier alpha value is -1.69. The van der Waals surface area contributed by atoms with Crippen molar-refractivity contribution in [1.82, 2.24) is 20.2 Å². The molecule has 1 saturated heterocycles. The van der Waals surface area contributed by atoms with Gasteiger partial charge in [0.05, 0.1) is 16.9 Å². The first-order valence-corrected chi connectivity index (χ1v) is 8.38. The van der Waals surface area contributed by atoms with Crippen molar-refractivity contribution in [2.24, 2.45) is 0 Å². The minimum Gasteiger partial charge on any atom is -0.353 e. The van der Waals surface area contributed by atoms with Gasteiger partial charge in [0.2, 0.25) is 5.95 Å². The second-order valence-electron chi connectivity index (χ2n) is 5.77. The average Bonchev–Trinajstić information content (AvgIpc) is 2.59. The van der Waals surface area contributed by atoms with Gasteiger partial charge in [0.1, 0.15) is 0 Å². The fourth-order valence-electron chi connectivity index (χ4n) is 2.78. The molecule has 1 fully saturated rings. The molecule has 1 aromatic carbocycles. The maximum Gasteiger partial charge on any atom is 0.223 e. The Morgan fingerprint density at radius 1 is 1.35 bits per heavy atom. The minimum absolute atomic E-state index is 0.566. The van der Waals surface area contributed by atoms with E-state index < -0.39 is 0 Å². The zero-order chi connectivity index (χ0) is 16.1. The summed E-state index contributed by atoms with van der Waals surface area (Å²) in [5.41, 5.74) is 1.76. The first-order valence-electron chi connectivity index (χ1n) is 8.00. The summed E-state index contributed by atoms with van der Waals surface area (Å²) in [5, 5.41) is 7.28. The number of hydrogen-bond acceptors (Lipinski definition) is 5. The van der Waals surface area contributed by atoms with Crippen LogP contribution in [0.25, 0.3) is 11.3 Å². The van der Waals surface area contributed by atoms with E-state index in [0.717, 1.165) is 44.0 Å². The molecule has 1 atom stereocenters. The fraction of sp³-hybridized carbons (Fsp3) is 0.412. The zero-order valence-corrected chi connectivity index (χ0v) is 14.1. The standard InChI is InChI=1S/C17H22ClN5/c1-13-11-19-7-9-23(13)10-8-20-17-21-12-15(18)16(22-17)14-5-3-2-4-6-14/h2-6,12-13,19H,7-11H2,1H3,(H,20,21,22)/t13-/m1/s1. The van der Waals surface area contributed by atoms with Crippen molar-refractivity contribution in [2.75, 3.05) is 38.0 Å². The quantitative estimate of drug-likeness (QED) is 0.881. The molecule has 3 rings (SSSR count). The van der Waals surface area contributed by atoms with Gasteiger partial charge in [0, 0.05) is 44.3 Å². The second kappa shape index (κ2) is 7.73. The Morgan fingerprint density at radius 2 is 2.17 bits per heavy atom. The molecule has 0 bridgehead atoms. The molecular weight excluding hydrogens is 310 g/mol. The third-order valence-electron chi connectivity index (χ3n) is 4.11. The molecule has 2 N–H and O–H groups in total. The van der Waals surface area contributed by atoms with Crippen LogP contribution in [0.5, 0.6) is 0 Å². The first-order chi connectivity index (χ1) is 11.2. The van der Waals surface area contributed by atoms with Gasteiger partial charge < -0.3 is 10.6 Å². The maximum absolute atomic E-state index is 6.24. The Bertz CT molecular complexity index is 634. The van der Waals surface area contributed by atoms with E-state index in [-0.39, 0.29) is 0 Å². The van der Waals surface area contributed by atoms with Crippen molar-refractivity contribution in [3.8, 4) is 11.3 Å². The molecule has 1 aliphatic rings. The highest BCUT2D eigenvalue weighted by atomic mass is 35.5. The van der Waals surface area contributed by atoms with Gasteiger partial charge in [-0.05, 0) is 6.92 Å². The molecule has 0 spiro atoms. The van der Waals surface area contributed by atoms with E-state index in [1.165, 1.54) is 0 Å². The van der Waals surface area contributed by atoms with E-state index in [0.29, 0.717) is 17.0 Å². The molecule has 2 heterocycles. The van der Waals surface area contributed by atoms with Crippen molar-refractivity contribution >= 4 is 17.5 Å². The normalized spacial score (nSPS) is 18.8. The van der Waals surface area contributed by atoms with Crippen LogP contribution in [0.3, 0.4) is 0 Å². The van der Waals surface area contributed by atoms with E-state index in [2.05, 4.69) is 32.4 Å². The van der Waals surface area contributed by atoms with Crippen molar-refractivity contribution in [1.29, 1.82) is 0 Å². The van der Waals surface area contributed by atoms with Crippen LogP contribution < -0.4 is 10.6 Å². The molecule has 0 radical (unpaired) electrons. The number of nitrogens with one attached hydrogen (secondary N) is 2. The van der Waals surface area contributed by atoms with Gasteiger partial charge in [0.15, 0.2) is 0 Å². The van der Waals surface area contributed by atoms with Crippen LogP contribution in [0.4, 0.5) is 5.95 Å². The monoisotopic (exact) mass is 331 g/mol. The lowest BCUT2D eigenvalue weighted by atomic mass is 10.1. The molecule has 0 saturated carbocycles. The molecule has 5 nitrogen and oxygen atoms in total. The third-order valence-corrected chi connectivity index (χ3v) is 4.39. The maximum atomic E-state index is 6.24. The molecule has 122 valence electrons. The second-order valence-corrected chi connectivity index (χ2v) is 6.18. The van der Waals surface area contributed by atoms with Gasteiger partial charge >= 0.3 is 0 Å². The van der Waals surface area contributed by atoms with Crippen LogP contribution >= 0.6 is 11.6 Å². The topological polar surface area (TPSA) is 53.1 Å². The summed E-state index contributed by atoms with van der Waals surface area (Å²) in [5.74, 6) is 0.621. The largest absolute Gasteiger partial charge is 0.353 e. The van der Waals surface area contributed by atoms with Gasteiger partial charge in [-0.3, -0.25) is 4.90 Å². The predicted octanol–water partition coefficient (Wildman–Crippen LogP) is 2.50. The number of anilines is 1. The van der Waals surface area contributed by atoms with Crippen LogP contribution in [-0.2, 0) is 0 Å². The van der Waals surface area contributed by atoms with E-state index in [1.807, 2.05) is 30.3 Å². The van der Waals surface area contributed by atoms with Crippen molar-refractivity contribution in [2.45, 2.75) is 13.0 Å². The summed E-state index contributed by atoms with van der Waals surface area (Å²) < 4.78 is 0. The van der Waals surface area contributed by atoms with Crippen molar-refractivity contribution in [3.05, 3.63) is 41.6 Å². The average molecular weight is 332 g/mol. The molecule has 0 amide bonds. The zero-order valence-electron chi connectivity index (χ0n) is 13.3. The highest BCUT2D eigenvalue weighted by Crippen LogP contribution is 2.25. The number of rotatable bonds is 5. The number of aromatic nitrogens is 2. The molecule has 1 aliphatic heterocycles. The molecule has 23 heavy (non-hydrogen) atoms. The lowest BCUT2D eigenvalue weighted by Gasteiger charge is -2.33. The summed E-state index contributed by atoms with van der Waals surface area (Å²) in [6.45, 7) is 7.24. The number of hydrogen-bond donors (Lipinski definition) is 2. The highest BCUT2D eigenvalue weighted by molar-refractivity contribution is 6.32. The lowest BCUT2D eigenvalue weighted by Crippen LogP contribution is -2.50. The smallest absolute Gasteiger partial charge is 0.223 e. The molecule has 2 aromatic rings. The van der Waals surface area contributed by atoms with E-state index >= 15 is 0 Å². The molecule has 0 unspecified atom stereocenters. The predicted molar refractivity (Wildman–Crippen MR) is 94.9 cm³/mol. The van der Waals surface area contributed by atoms with E-state index in [4.69, 9.17) is 11.6 Å². The summed E-state index contributed by atoms with van der Waals surface area (Å²) in [7, 11) is 0. The Labute approximate surface area is 142 Å². The third kappa shape index (κ3) is 4.19. The van der Waals surface area contributed by atoms with Gasteiger partial charge in [-0.1, -0.05) is 41.9 Å². The van der Waals surface area contributed by atoms with Crippen LogP contribution in [0, 0.1) is 0 Å².